The van der Waals surface area contributed by atoms with Crippen LogP contribution >= 0.6 is 0 Å². The first-order valence-electron chi connectivity index (χ1n) is 3.52. The molecule has 5 heteroatoms. The average Bonchev–Trinajstić information content (AvgIpc) is 2.30. The summed E-state index contributed by atoms with van der Waals surface area (Å²) in [6.07, 6.45) is 0. The molecule has 0 radical (unpaired) electrons. The van der Waals surface area contributed by atoms with Gasteiger partial charge in [-0.1, -0.05) is 19.0 Å². The number of rotatable bonds is 2. The number of carboxylic acid groups (broad SMARTS) is 1. The Labute approximate surface area is 69.2 Å². The van der Waals surface area contributed by atoms with E-state index in [4.69, 9.17) is 10.8 Å². The molecule has 0 atom stereocenters. The van der Waals surface area contributed by atoms with E-state index in [0.717, 1.165) is 0 Å². The van der Waals surface area contributed by atoms with Crippen molar-refractivity contribution >= 4 is 11.7 Å². The van der Waals surface area contributed by atoms with Gasteiger partial charge < -0.3 is 15.4 Å². The summed E-state index contributed by atoms with van der Waals surface area (Å²) in [7, 11) is 0. The van der Waals surface area contributed by atoms with Crippen molar-refractivity contribution in [1.29, 1.82) is 0 Å². The van der Waals surface area contributed by atoms with Crippen LogP contribution in [0.25, 0.3) is 0 Å². The Kier molecular flexibility index (Phi) is 2.03. The number of anilines is 1. The molecule has 3 N–H and O–H groups in total. The third-order valence-corrected chi connectivity index (χ3v) is 1.50. The highest BCUT2D eigenvalue weighted by Crippen LogP contribution is 2.23. The van der Waals surface area contributed by atoms with Crippen LogP contribution in [0.3, 0.4) is 0 Å². The van der Waals surface area contributed by atoms with Gasteiger partial charge in [0.2, 0.25) is 0 Å². The third-order valence-electron chi connectivity index (χ3n) is 1.50. The van der Waals surface area contributed by atoms with E-state index in [-0.39, 0.29) is 17.4 Å². The number of hydrogen-bond donors (Lipinski definition) is 2. The van der Waals surface area contributed by atoms with Crippen molar-refractivity contribution in [3.8, 4) is 0 Å². The molecule has 1 heterocycles. The Morgan fingerprint density at radius 2 is 2.25 bits per heavy atom. The van der Waals surface area contributed by atoms with Gasteiger partial charge >= 0.3 is 5.97 Å². The molecule has 0 fully saturated rings. The fourth-order valence-electron chi connectivity index (χ4n) is 0.880. The fourth-order valence-corrected chi connectivity index (χ4v) is 0.880. The standard InChI is InChI=1S/C7H10N2O3/c1-3(2)5-4(8)6(7(10)11)12-9-5/h3H,8H2,1-2H3,(H,10,11). The number of carbonyl (C=O) groups is 1. The normalized spacial score (nSPS) is 10.6. The van der Waals surface area contributed by atoms with E-state index >= 15 is 0 Å². The van der Waals surface area contributed by atoms with Crippen LogP contribution in [0.1, 0.15) is 36.0 Å². The highest BCUT2D eigenvalue weighted by atomic mass is 16.5. The van der Waals surface area contributed by atoms with Gasteiger partial charge in [-0.3, -0.25) is 0 Å². The van der Waals surface area contributed by atoms with Crippen LogP contribution < -0.4 is 5.73 Å². The summed E-state index contributed by atoms with van der Waals surface area (Å²) in [5.74, 6) is -1.40. The average molecular weight is 170 g/mol. The van der Waals surface area contributed by atoms with Crippen LogP contribution in [0, 0.1) is 0 Å². The highest BCUT2D eigenvalue weighted by molar-refractivity contribution is 5.90. The number of aromatic nitrogens is 1. The van der Waals surface area contributed by atoms with E-state index < -0.39 is 5.97 Å². The minimum Gasteiger partial charge on any atom is -0.475 e. The largest absolute Gasteiger partial charge is 0.475 e. The summed E-state index contributed by atoms with van der Waals surface area (Å²) in [6, 6.07) is 0. The monoisotopic (exact) mass is 170 g/mol. The molecular formula is C7H10N2O3. The molecule has 66 valence electrons. The first-order valence-corrected chi connectivity index (χ1v) is 3.52. The maximum Gasteiger partial charge on any atom is 0.376 e. The van der Waals surface area contributed by atoms with Crippen molar-refractivity contribution in [2.45, 2.75) is 19.8 Å². The van der Waals surface area contributed by atoms with Gasteiger partial charge in [-0.05, 0) is 0 Å². The Hall–Kier alpha value is -1.52. The summed E-state index contributed by atoms with van der Waals surface area (Å²) in [5.41, 5.74) is 6.08. The van der Waals surface area contributed by atoms with Crippen LogP contribution in [-0.4, -0.2) is 16.2 Å². The molecule has 0 saturated heterocycles. The second kappa shape index (κ2) is 2.84. The quantitative estimate of drug-likeness (QED) is 0.693. The number of nitrogen functional groups attached to an aromatic ring is 1. The molecule has 5 nitrogen and oxygen atoms in total. The van der Waals surface area contributed by atoms with Crippen molar-refractivity contribution in [2.24, 2.45) is 0 Å². The first-order chi connectivity index (χ1) is 5.54. The molecule has 1 aromatic rings. The summed E-state index contributed by atoms with van der Waals surface area (Å²) in [4.78, 5) is 10.4. The van der Waals surface area contributed by atoms with E-state index in [1.54, 1.807) is 0 Å². The minimum absolute atomic E-state index is 0.0712. The zero-order valence-electron chi connectivity index (χ0n) is 6.87. The van der Waals surface area contributed by atoms with Crippen LogP contribution in [0.4, 0.5) is 5.69 Å². The Morgan fingerprint density at radius 1 is 1.67 bits per heavy atom. The van der Waals surface area contributed by atoms with Gasteiger partial charge in [0.05, 0.1) is 0 Å². The number of carboxylic acids is 1. The van der Waals surface area contributed by atoms with Crippen LogP contribution in [0.15, 0.2) is 4.52 Å². The molecule has 0 saturated carbocycles. The summed E-state index contributed by atoms with van der Waals surface area (Å²) < 4.78 is 4.54. The Bertz CT molecular complexity index is 304. The van der Waals surface area contributed by atoms with Crippen molar-refractivity contribution in [3.05, 3.63) is 11.5 Å². The van der Waals surface area contributed by atoms with E-state index in [1.807, 2.05) is 13.8 Å². The molecule has 12 heavy (non-hydrogen) atoms. The molecule has 1 aromatic heterocycles. The van der Waals surface area contributed by atoms with Crippen molar-refractivity contribution in [3.63, 3.8) is 0 Å². The molecule has 0 amide bonds. The molecule has 0 aliphatic rings. The summed E-state index contributed by atoms with van der Waals surface area (Å²) >= 11 is 0. The lowest BCUT2D eigenvalue weighted by atomic mass is 10.1. The van der Waals surface area contributed by atoms with Gasteiger partial charge in [-0.15, -0.1) is 0 Å². The highest BCUT2D eigenvalue weighted by Gasteiger charge is 2.20. The maximum absolute atomic E-state index is 10.4. The van der Waals surface area contributed by atoms with E-state index in [1.165, 1.54) is 0 Å². The zero-order chi connectivity index (χ0) is 9.30. The maximum atomic E-state index is 10.4. The van der Waals surface area contributed by atoms with E-state index in [2.05, 4.69) is 9.68 Å². The van der Waals surface area contributed by atoms with Gasteiger partial charge in [0.1, 0.15) is 11.4 Å². The van der Waals surface area contributed by atoms with Crippen LogP contribution in [-0.2, 0) is 0 Å². The third kappa shape index (κ3) is 1.25. The molecule has 1 rings (SSSR count). The van der Waals surface area contributed by atoms with Crippen molar-refractivity contribution < 1.29 is 14.4 Å². The first kappa shape index (κ1) is 8.58. The lowest BCUT2D eigenvalue weighted by Crippen LogP contribution is -2.01. The van der Waals surface area contributed by atoms with Crippen LogP contribution in [0.5, 0.6) is 0 Å². The molecule has 0 bridgehead atoms. The second-order valence-corrected chi connectivity index (χ2v) is 2.77. The SMILES string of the molecule is CC(C)c1noc(C(=O)O)c1N. The lowest BCUT2D eigenvalue weighted by Gasteiger charge is -1.97. The fraction of sp³-hybridized carbons (Fsp3) is 0.429. The van der Waals surface area contributed by atoms with Gasteiger partial charge in [-0.25, -0.2) is 4.79 Å². The molecule has 0 spiro atoms. The van der Waals surface area contributed by atoms with Gasteiger partial charge in [0, 0.05) is 5.92 Å². The molecule has 0 unspecified atom stereocenters. The Morgan fingerprint density at radius 3 is 2.50 bits per heavy atom. The summed E-state index contributed by atoms with van der Waals surface area (Å²) in [5, 5.41) is 12.1. The van der Waals surface area contributed by atoms with Crippen LogP contribution in [0.2, 0.25) is 0 Å². The Balaban J connectivity index is 3.13. The predicted octanol–water partition coefficient (Wildman–Crippen LogP) is 1.08. The minimum atomic E-state index is -1.19. The van der Waals surface area contributed by atoms with Crippen molar-refractivity contribution in [1.82, 2.24) is 5.16 Å². The molecular weight excluding hydrogens is 160 g/mol. The van der Waals surface area contributed by atoms with E-state index in [9.17, 15) is 4.79 Å². The second-order valence-electron chi connectivity index (χ2n) is 2.77. The number of hydrogen-bond acceptors (Lipinski definition) is 4. The van der Waals surface area contributed by atoms with E-state index in [0.29, 0.717) is 5.69 Å². The molecule has 0 aliphatic carbocycles. The number of aromatic carboxylic acids is 1. The van der Waals surface area contributed by atoms with Gasteiger partial charge in [0.25, 0.3) is 5.76 Å². The smallest absolute Gasteiger partial charge is 0.376 e. The van der Waals surface area contributed by atoms with Crippen molar-refractivity contribution in [2.75, 3.05) is 5.73 Å². The molecule has 0 aliphatic heterocycles. The zero-order valence-corrected chi connectivity index (χ0v) is 6.87. The van der Waals surface area contributed by atoms with Gasteiger partial charge in [0.15, 0.2) is 0 Å². The van der Waals surface area contributed by atoms with Gasteiger partial charge in [-0.2, -0.15) is 0 Å². The lowest BCUT2D eigenvalue weighted by molar-refractivity contribution is 0.0653. The summed E-state index contributed by atoms with van der Waals surface area (Å²) in [6.45, 7) is 3.72. The number of nitrogens with two attached hydrogens (primary N) is 1. The predicted molar refractivity (Wildman–Crippen MR) is 42.0 cm³/mol. The topological polar surface area (TPSA) is 89.3 Å². The molecule has 0 aromatic carbocycles. The number of nitrogens with zero attached hydrogens (tertiary/aromatic N) is 1.